The number of anilines is 10. The number of aromatic hydroxyl groups is 1. The van der Waals surface area contributed by atoms with E-state index in [1.807, 2.05) is 32.3 Å². The van der Waals surface area contributed by atoms with Gasteiger partial charge in [0.05, 0.1) is 46.2 Å². The van der Waals surface area contributed by atoms with Crippen molar-refractivity contribution in [1.82, 2.24) is 60.0 Å². The van der Waals surface area contributed by atoms with Gasteiger partial charge in [0.25, 0.3) is 29.5 Å². The summed E-state index contributed by atoms with van der Waals surface area (Å²) in [5, 5.41) is 47.9. The molecule has 0 aliphatic heterocycles. The van der Waals surface area contributed by atoms with Crippen molar-refractivity contribution >= 4 is 128 Å². The molecule has 0 unspecified atom stereocenters. The first-order chi connectivity index (χ1) is 63.4. The van der Waals surface area contributed by atoms with Crippen molar-refractivity contribution in [3.63, 3.8) is 0 Å². The van der Waals surface area contributed by atoms with Crippen LogP contribution >= 0.6 is 0 Å². The number of rotatable bonds is 25. The van der Waals surface area contributed by atoms with Crippen LogP contribution in [0.1, 0.15) is 219 Å². The maximum absolute atomic E-state index is 12.6. The smallest absolute Gasteiger partial charge is 0.274 e. The summed E-state index contributed by atoms with van der Waals surface area (Å²) in [7, 11) is -5.54. The number of nitrogens with zero attached hydrogens (tertiary/aromatic N) is 13. The molecule has 5 amide bonds. The highest BCUT2D eigenvalue weighted by Gasteiger charge is 2.26. The number of amides is 5. The number of H-pyrrole nitrogens is 1. The first-order valence-corrected chi connectivity index (χ1v) is 48.9. The third kappa shape index (κ3) is 29.8. The summed E-state index contributed by atoms with van der Waals surface area (Å²) in [5.41, 5.74) is 5.82. The third-order valence-corrected chi connectivity index (χ3v) is 25.4. The van der Waals surface area contributed by atoms with E-state index in [2.05, 4.69) is 112 Å². The molecule has 41 heteroatoms. The molecule has 5 saturated carbocycles. The number of aryl methyl sites for hydroxylation is 1. The molecule has 0 atom stereocenters. The summed E-state index contributed by atoms with van der Waals surface area (Å²) in [6, 6.07) is 36.3. The van der Waals surface area contributed by atoms with E-state index in [0.717, 1.165) is 81.4 Å². The maximum Gasteiger partial charge on any atom is 0.274 e. The number of phenols is 1. The highest BCUT2D eigenvalue weighted by Crippen LogP contribution is 2.33. The standard InChI is InChI=1S/C19H25N5O4S.C19H25N5O3S.C18H20N6O.C18H23N5O3S.C17H19N3O3/c1-28-17-10-14(24-29(2,26)27)8-9-15(17)23-19(25)16-11-18(21-12-20-16)22-13-6-4-3-5-7-13;1-13-10-15(28(20,26)27)8-9-16(13)23-19(25)17-11-18(22-12-21-17)24(2)14-6-4-3-5-7-14;25-18(23-14-6-7-15-12(8-14)10-21-24-15)16-9-17(20-11-19-16)22-13-4-2-1-3-5-13;1-23(14-5-3-2-4-6-14)17-11-16(20-12-21-17)18(24)22-13-7-9-15(10-8-13)27(19,25)26;21-13-8-6-12(7-9-13)20-17(22)15-10-16(19-11-18-15)23-14-4-2-1-3-5-14/h8-13,24H,3-7H2,1-2H3,(H,23,25)(H,20,21,22);8-12,14H,3-7H2,1-2H3,(H,23,25)(H2,20,26,27);6-11,13H,1-5H2,(H,21,24)(H,23,25)(H,19,20,22);7-12,14H,2-6H2,1H3,(H,22,24)(H2,19,25,26);6-11,14,21H,1-5H2,(H,20,22). The number of hydrogen-bond acceptors (Lipinski definition) is 29. The zero-order valence-corrected chi connectivity index (χ0v) is 76.6. The number of aromatic nitrogens is 12. The van der Waals surface area contributed by atoms with Crippen molar-refractivity contribution in [2.45, 2.75) is 208 Å². The van der Waals surface area contributed by atoms with E-state index in [1.165, 1.54) is 202 Å². The van der Waals surface area contributed by atoms with E-state index in [4.69, 9.17) is 19.8 Å². The van der Waals surface area contributed by atoms with Gasteiger partial charge < -0.3 is 61.6 Å². The van der Waals surface area contributed by atoms with Crippen LogP contribution in [0.5, 0.6) is 17.4 Å². The Kier molecular flexibility index (Phi) is 34.6. The van der Waals surface area contributed by atoms with Gasteiger partial charge in [0, 0.05) is 103 Å². The van der Waals surface area contributed by atoms with Crippen LogP contribution in [0.3, 0.4) is 0 Å². The Balaban J connectivity index is 0.000000149. The fourth-order valence-electron chi connectivity index (χ4n) is 15.8. The summed E-state index contributed by atoms with van der Waals surface area (Å²) < 4.78 is 81.7. The molecule has 38 nitrogen and oxygen atoms in total. The number of ether oxygens (including phenoxy) is 2. The number of hydrogen-bond donors (Lipinski definition) is 12. The molecule has 5 aliphatic rings. The van der Waals surface area contributed by atoms with Crippen LogP contribution < -0.4 is 71.5 Å². The Bertz CT molecular complexity index is 6120. The predicted molar refractivity (Wildman–Crippen MR) is 505 cm³/mol. The number of aromatic amines is 1. The lowest BCUT2D eigenvalue weighted by molar-refractivity contribution is 0.101. The number of carbonyl (C=O) groups excluding carboxylic acids is 5. The van der Waals surface area contributed by atoms with E-state index in [0.29, 0.717) is 104 Å². The quantitative estimate of drug-likeness (QED) is 0.0236. The topological polar surface area (TPSA) is 539 Å². The van der Waals surface area contributed by atoms with Crippen molar-refractivity contribution in [3.05, 3.63) is 205 Å². The van der Waals surface area contributed by atoms with Gasteiger partial charge in [0.15, 0.2) is 0 Å². The molecule has 132 heavy (non-hydrogen) atoms. The highest BCUT2D eigenvalue weighted by molar-refractivity contribution is 7.92. The van der Waals surface area contributed by atoms with Crippen molar-refractivity contribution < 1.29 is 63.8 Å². The minimum Gasteiger partial charge on any atom is -0.508 e. The van der Waals surface area contributed by atoms with Gasteiger partial charge in [-0.1, -0.05) is 83.5 Å². The number of sulfonamides is 3. The fourth-order valence-corrected chi connectivity index (χ4v) is 17.5. The Hall–Kier alpha value is -13.5. The molecule has 5 fully saturated rings. The van der Waals surface area contributed by atoms with Gasteiger partial charge in [-0.2, -0.15) is 5.10 Å². The Morgan fingerprint density at radius 3 is 1.30 bits per heavy atom. The highest BCUT2D eigenvalue weighted by atomic mass is 32.2. The second-order valence-corrected chi connectivity index (χ2v) is 37.7. The first kappa shape index (κ1) is 97.5. The summed E-state index contributed by atoms with van der Waals surface area (Å²) in [6.07, 6.45) is 39.3. The number of benzene rings is 5. The van der Waals surface area contributed by atoms with Crippen LogP contribution in [0, 0.1) is 6.92 Å². The summed E-state index contributed by atoms with van der Waals surface area (Å²) in [5.74, 6) is 1.88. The predicted octanol–water partition coefficient (Wildman–Crippen LogP) is 13.9. The Morgan fingerprint density at radius 1 is 0.424 bits per heavy atom. The lowest BCUT2D eigenvalue weighted by Crippen LogP contribution is -2.34. The van der Waals surface area contributed by atoms with Crippen LogP contribution in [0.25, 0.3) is 10.9 Å². The largest absolute Gasteiger partial charge is 0.508 e. The second kappa shape index (κ2) is 46.8. The van der Waals surface area contributed by atoms with E-state index in [1.54, 1.807) is 61.7 Å². The van der Waals surface area contributed by atoms with Crippen molar-refractivity contribution in [3.8, 4) is 17.4 Å². The molecule has 5 aliphatic carbocycles. The molecule has 698 valence electrons. The maximum atomic E-state index is 12.6. The number of nitrogens with one attached hydrogen (secondary N) is 9. The van der Waals surface area contributed by atoms with Gasteiger partial charge in [-0.25, -0.2) is 85.4 Å². The minimum absolute atomic E-state index is 0.00132. The Labute approximate surface area is 767 Å². The SMILES string of the molecule is CN(c1cc(C(=O)Nc2ccc(S(N)(=O)=O)cc2)ncn1)C1CCCCC1.COc1cc(NS(C)(=O)=O)ccc1NC(=O)c1cc(NC2CCCCC2)ncn1.Cc1cc(S(N)(=O)=O)ccc1NC(=O)c1cc(N(C)C2CCCCC2)ncn1.O=C(Nc1ccc(O)cc1)c1cc(OC2CCCCC2)ncn1.O=C(Nc1ccc2[nH]ncc2c1)c1cc(NC2CCCCC2)ncn1. The van der Waals surface area contributed by atoms with E-state index in [9.17, 15) is 54.3 Å². The molecule has 5 aromatic carbocycles. The van der Waals surface area contributed by atoms with Crippen LogP contribution in [0.4, 0.5) is 57.4 Å². The molecule has 6 heterocycles. The molecule has 16 rings (SSSR count). The van der Waals surface area contributed by atoms with Crippen LogP contribution in [0.15, 0.2) is 181 Å². The fraction of sp³-hybridized carbons (Fsp3) is 0.385. The number of carbonyl (C=O) groups is 5. The monoisotopic (exact) mass is 1860 g/mol. The molecule has 0 saturated heterocycles. The molecule has 0 bridgehead atoms. The molecule has 14 N–H and O–H groups in total. The summed E-state index contributed by atoms with van der Waals surface area (Å²) in [4.78, 5) is 108. The van der Waals surface area contributed by atoms with Crippen molar-refractivity contribution in [1.29, 1.82) is 0 Å². The van der Waals surface area contributed by atoms with Gasteiger partial charge in [-0.3, -0.25) is 33.8 Å². The molecular weight excluding hydrogens is 1750 g/mol. The molecule has 0 spiro atoms. The van der Waals surface area contributed by atoms with Gasteiger partial charge in [0.1, 0.15) is 101 Å². The number of nitrogens with two attached hydrogens (primary N) is 2. The third-order valence-electron chi connectivity index (χ3n) is 23.0. The molecule has 6 aromatic heterocycles. The number of primary sulfonamides is 2. The zero-order valence-electron chi connectivity index (χ0n) is 74.2. The van der Waals surface area contributed by atoms with Gasteiger partial charge in [-0.15, -0.1) is 0 Å². The molecule has 11 aromatic rings. The van der Waals surface area contributed by atoms with E-state index in [-0.39, 0.29) is 68.0 Å². The van der Waals surface area contributed by atoms with E-state index >= 15 is 0 Å². The minimum atomic E-state index is -3.79. The van der Waals surface area contributed by atoms with Crippen LogP contribution in [-0.2, 0) is 30.1 Å². The number of fused-ring (bicyclic) bond motifs is 1. The van der Waals surface area contributed by atoms with Crippen molar-refractivity contribution in [2.75, 3.05) is 79.2 Å². The lowest BCUT2D eigenvalue weighted by atomic mass is 9.94. The Morgan fingerprint density at radius 2 is 0.826 bits per heavy atom. The number of phenolic OH excluding ortho intramolecular Hbond substituents is 1. The van der Waals surface area contributed by atoms with Gasteiger partial charge in [-0.05, 0) is 187 Å². The van der Waals surface area contributed by atoms with Crippen LogP contribution in [-0.4, -0.2) is 178 Å². The van der Waals surface area contributed by atoms with Crippen LogP contribution in [0.2, 0.25) is 0 Å². The van der Waals surface area contributed by atoms with E-state index < -0.39 is 36.0 Å². The number of methoxy groups -OCH3 is 1. The average Bonchev–Trinajstić information content (AvgIpc) is 1.54. The summed E-state index contributed by atoms with van der Waals surface area (Å²) >= 11 is 0. The lowest BCUT2D eigenvalue weighted by Gasteiger charge is -2.32. The van der Waals surface area contributed by atoms with Gasteiger partial charge >= 0.3 is 0 Å². The molecule has 0 radical (unpaired) electrons. The zero-order chi connectivity index (χ0) is 93.7. The second-order valence-electron chi connectivity index (χ2n) is 32.9. The summed E-state index contributed by atoms with van der Waals surface area (Å²) in [6.45, 7) is 1.70. The van der Waals surface area contributed by atoms with Gasteiger partial charge in [0.2, 0.25) is 35.9 Å². The first-order valence-electron chi connectivity index (χ1n) is 43.9. The average molecular weight is 1860 g/mol. The normalized spacial score (nSPS) is 15.1. The molecular formula is C91H112N24O14S3. The van der Waals surface area contributed by atoms with Crippen molar-refractivity contribution in [2.24, 2.45) is 10.3 Å².